The van der Waals surface area contributed by atoms with Crippen LogP contribution in [0.25, 0.3) is 0 Å². The predicted octanol–water partition coefficient (Wildman–Crippen LogP) is 1.89. The lowest BCUT2D eigenvalue weighted by molar-refractivity contribution is 0.328. The lowest BCUT2D eigenvalue weighted by atomic mass is 9.97. The summed E-state index contributed by atoms with van der Waals surface area (Å²) in [6, 6.07) is 3.86. The van der Waals surface area contributed by atoms with E-state index in [1.54, 1.807) is 0 Å². The first-order chi connectivity index (χ1) is 9.31. The van der Waals surface area contributed by atoms with E-state index in [0.717, 1.165) is 36.2 Å². The monoisotopic (exact) mass is 296 g/mol. The van der Waals surface area contributed by atoms with Gasteiger partial charge in [0.2, 0.25) is 10.0 Å². The Morgan fingerprint density at radius 2 is 1.80 bits per heavy atom. The number of benzene rings is 1. The quantitative estimate of drug-likeness (QED) is 0.895. The summed E-state index contributed by atoms with van der Waals surface area (Å²) in [7, 11) is -3.45. The van der Waals surface area contributed by atoms with Crippen LogP contribution in [0.2, 0.25) is 0 Å². The molecule has 1 saturated heterocycles. The van der Waals surface area contributed by atoms with Crippen LogP contribution in [0.5, 0.6) is 0 Å². The summed E-state index contributed by atoms with van der Waals surface area (Å²) >= 11 is 0. The summed E-state index contributed by atoms with van der Waals surface area (Å²) in [4.78, 5) is 0.439. The number of nitrogens with one attached hydrogen (secondary N) is 2. The molecular weight excluding hydrogens is 272 g/mol. The molecule has 112 valence electrons. The van der Waals surface area contributed by atoms with E-state index in [2.05, 4.69) is 17.0 Å². The molecule has 0 spiro atoms. The van der Waals surface area contributed by atoms with Gasteiger partial charge in [-0.1, -0.05) is 24.6 Å². The zero-order chi connectivity index (χ0) is 14.9. The number of sulfonamides is 1. The van der Waals surface area contributed by atoms with Gasteiger partial charge in [-0.05, 0) is 57.3 Å². The van der Waals surface area contributed by atoms with Crippen LogP contribution in [-0.2, 0) is 10.0 Å². The van der Waals surface area contributed by atoms with E-state index in [1.165, 1.54) is 0 Å². The maximum absolute atomic E-state index is 12.7. The zero-order valence-corrected chi connectivity index (χ0v) is 13.5. The topological polar surface area (TPSA) is 58.2 Å². The van der Waals surface area contributed by atoms with E-state index >= 15 is 0 Å². The molecule has 5 heteroatoms. The average molecular weight is 296 g/mol. The Balaban J connectivity index is 2.31. The minimum Gasteiger partial charge on any atom is -0.316 e. The first-order valence-electron chi connectivity index (χ1n) is 7.12. The van der Waals surface area contributed by atoms with Crippen LogP contribution in [0.15, 0.2) is 17.0 Å². The maximum Gasteiger partial charge on any atom is 0.241 e. The third kappa shape index (κ3) is 3.22. The molecule has 2 atom stereocenters. The third-order valence-electron chi connectivity index (χ3n) is 3.97. The van der Waals surface area contributed by atoms with Crippen LogP contribution in [0.4, 0.5) is 0 Å². The molecule has 1 aliphatic rings. The van der Waals surface area contributed by atoms with Crippen LogP contribution in [0.3, 0.4) is 0 Å². The van der Waals surface area contributed by atoms with Crippen molar-refractivity contribution < 1.29 is 8.42 Å². The molecular formula is C15H24N2O2S. The van der Waals surface area contributed by atoms with Crippen molar-refractivity contribution in [2.75, 3.05) is 13.1 Å². The summed E-state index contributed by atoms with van der Waals surface area (Å²) in [6.07, 6.45) is 0.838. The van der Waals surface area contributed by atoms with Crippen LogP contribution in [0, 0.1) is 26.7 Å². The van der Waals surface area contributed by atoms with Crippen molar-refractivity contribution >= 4 is 10.0 Å². The Labute approximate surface area is 122 Å². The second-order valence-corrected chi connectivity index (χ2v) is 7.58. The van der Waals surface area contributed by atoms with Crippen LogP contribution in [-0.4, -0.2) is 27.5 Å². The van der Waals surface area contributed by atoms with E-state index in [0.29, 0.717) is 10.8 Å². The van der Waals surface area contributed by atoms with Gasteiger partial charge in [0.1, 0.15) is 0 Å². The summed E-state index contributed by atoms with van der Waals surface area (Å²) in [6.45, 7) is 9.51. The van der Waals surface area contributed by atoms with Gasteiger partial charge in [-0.25, -0.2) is 13.1 Å². The van der Waals surface area contributed by atoms with Crippen LogP contribution >= 0.6 is 0 Å². The van der Waals surface area contributed by atoms with Crippen molar-refractivity contribution in [3.8, 4) is 0 Å². The molecule has 20 heavy (non-hydrogen) atoms. The van der Waals surface area contributed by atoms with Gasteiger partial charge in [0.05, 0.1) is 4.90 Å². The highest BCUT2D eigenvalue weighted by Gasteiger charge is 2.28. The third-order valence-corrected chi connectivity index (χ3v) is 5.76. The minimum absolute atomic E-state index is 0.0151. The highest BCUT2D eigenvalue weighted by Crippen LogP contribution is 2.23. The maximum atomic E-state index is 12.7. The number of hydrogen-bond donors (Lipinski definition) is 2. The van der Waals surface area contributed by atoms with Crippen LogP contribution < -0.4 is 10.0 Å². The average Bonchev–Trinajstić information content (AvgIpc) is 2.30. The van der Waals surface area contributed by atoms with Gasteiger partial charge < -0.3 is 5.32 Å². The van der Waals surface area contributed by atoms with Gasteiger partial charge in [-0.2, -0.15) is 0 Å². The first-order valence-corrected chi connectivity index (χ1v) is 8.60. The fraction of sp³-hybridized carbons (Fsp3) is 0.600. The van der Waals surface area contributed by atoms with Crippen molar-refractivity contribution in [3.63, 3.8) is 0 Å². The molecule has 0 aromatic heterocycles. The first kappa shape index (κ1) is 15.5. The molecule has 1 heterocycles. The Bertz CT molecular complexity index is 573. The Kier molecular flexibility index (Phi) is 4.52. The van der Waals surface area contributed by atoms with Crippen molar-refractivity contribution in [1.82, 2.24) is 10.0 Å². The van der Waals surface area contributed by atoms with Gasteiger partial charge in [0.15, 0.2) is 0 Å². The Hall–Kier alpha value is -0.910. The van der Waals surface area contributed by atoms with Gasteiger partial charge in [0, 0.05) is 6.04 Å². The fourth-order valence-corrected chi connectivity index (χ4v) is 4.87. The summed E-state index contributed by atoms with van der Waals surface area (Å²) < 4.78 is 28.2. The number of aryl methyl sites for hydroxylation is 3. The summed E-state index contributed by atoms with van der Waals surface area (Å²) in [5.41, 5.74) is 2.72. The second-order valence-electron chi connectivity index (χ2n) is 5.93. The molecule has 4 nitrogen and oxygen atoms in total. The van der Waals surface area contributed by atoms with Crippen LogP contribution in [0.1, 0.15) is 30.0 Å². The summed E-state index contributed by atoms with van der Waals surface area (Å²) in [5.74, 6) is 0.310. The molecule has 0 bridgehead atoms. The van der Waals surface area contributed by atoms with E-state index in [9.17, 15) is 8.42 Å². The molecule has 0 radical (unpaired) electrons. The molecule has 0 saturated carbocycles. The molecule has 0 amide bonds. The normalized spacial score (nSPS) is 23.8. The number of hydrogen-bond acceptors (Lipinski definition) is 3. The van der Waals surface area contributed by atoms with E-state index in [1.807, 2.05) is 32.9 Å². The number of piperidine rings is 1. The highest BCUT2D eigenvalue weighted by atomic mass is 32.2. The predicted molar refractivity (Wildman–Crippen MR) is 81.4 cm³/mol. The van der Waals surface area contributed by atoms with Gasteiger partial charge in [-0.3, -0.25) is 0 Å². The smallest absolute Gasteiger partial charge is 0.241 e. The molecule has 2 unspecified atom stereocenters. The van der Waals surface area contributed by atoms with Crippen molar-refractivity contribution in [2.24, 2.45) is 5.92 Å². The Morgan fingerprint density at radius 3 is 2.35 bits per heavy atom. The van der Waals surface area contributed by atoms with Crippen molar-refractivity contribution in [2.45, 2.75) is 45.1 Å². The van der Waals surface area contributed by atoms with E-state index in [4.69, 9.17) is 0 Å². The van der Waals surface area contributed by atoms with Crippen molar-refractivity contribution in [1.29, 1.82) is 0 Å². The lowest BCUT2D eigenvalue weighted by Gasteiger charge is -2.30. The van der Waals surface area contributed by atoms with E-state index < -0.39 is 10.0 Å². The Morgan fingerprint density at radius 1 is 1.20 bits per heavy atom. The minimum atomic E-state index is -3.45. The van der Waals surface area contributed by atoms with E-state index in [-0.39, 0.29) is 6.04 Å². The molecule has 0 aliphatic carbocycles. The SMILES string of the molecule is Cc1cc(C)c(S(=O)(=O)NC2CCNCC2C)c(C)c1. The fourth-order valence-electron chi connectivity index (χ4n) is 3.04. The van der Waals surface area contributed by atoms with Crippen molar-refractivity contribution in [3.05, 3.63) is 28.8 Å². The number of rotatable bonds is 3. The molecule has 2 rings (SSSR count). The molecule has 1 aromatic rings. The molecule has 1 aromatic carbocycles. The molecule has 2 N–H and O–H groups in total. The molecule has 1 fully saturated rings. The van der Waals surface area contributed by atoms with Gasteiger partial charge in [-0.15, -0.1) is 0 Å². The summed E-state index contributed by atoms with van der Waals surface area (Å²) in [5, 5.41) is 3.29. The largest absolute Gasteiger partial charge is 0.316 e. The highest BCUT2D eigenvalue weighted by molar-refractivity contribution is 7.89. The van der Waals surface area contributed by atoms with Gasteiger partial charge in [0.25, 0.3) is 0 Å². The standard InChI is InChI=1S/C15H24N2O2S/c1-10-7-11(2)15(12(3)8-10)20(18,19)17-14-5-6-16-9-13(14)4/h7-8,13-14,16-17H,5-6,9H2,1-4H3. The zero-order valence-electron chi connectivity index (χ0n) is 12.7. The lowest BCUT2D eigenvalue weighted by Crippen LogP contribution is -2.48. The van der Waals surface area contributed by atoms with Gasteiger partial charge >= 0.3 is 0 Å². The second kappa shape index (κ2) is 5.84. The molecule has 1 aliphatic heterocycles.